The minimum absolute atomic E-state index is 0.249. The van der Waals surface area contributed by atoms with E-state index in [0.717, 1.165) is 56.8 Å². The van der Waals surface area contributed by atoms with Crippen LogP contribution in [0.5, 0.6) is 5.75 Å². The van der Waals surface area contributed by atoms with Gasteiger partial charge in [0.05, 0.1) is 6.54 Å². The number of amides is 1. The first-order valence-electron chi connectivity index (χ1n) is 8.86. The Morgan fingerprint density at radius 3 is 2.67 bits per heavy atom. The summed E-state index contributed by atoms with van der Waals surface area (Å²) in [6, 6.07) is 8.03. The van der Waals surface area contributed by atoms with Gasteiger partial charge in [-0.15, -0.1) is 0 Å². The van der Waals surface area contributed by atoms with E-state index in [1.807, 2.05) is 36.1 Å². The molecule has 1 amide bonds. The number of para-hydroxylation sites is 1. The topological polar surface area (TPSA) is 42.0 Å². The van der Waals surface area contributed by atoms with Gasteiger partial charge in [-0.1, -0.05) is 18.2 Å². The average Bonchev–Trinajstić information content (AvgIpc) is 3.25. The maximum Gasteiger partial charge on any atom is 0.236 e. The van der Waals surface area contributed by atoms with E-state index in [2.05, 4.69) is 4.90 Å². The Hall–Kier alpha value is -1.59. The van der Waals surface area contributed by atoms with Crippen molar-refractivity contribution in [2.75, 3.05) is 46.4 Å². The zero-order valence-electron chi connectivity index (χ0n) is 14.8. The third-order valence-corrected chi connectivity index (χ3v) is 5.23. The van der Waals surface area contributed by atoms with Crippen LogP contribution in [0, 0.1) is 6.92 Å². The highest BCUT2D eigenvalue weighted by Gasteiger charge is 2.40. The maximum atomic E-state index is 12.3. The van der Waals surface area contributed by atoms with Crippen LogP contribution in [-0.4, -0.2) is 67.7 Å². The standard InChI is InChI=1S/C19H28N2O3/c1-16-7-3-4-8-17(16)24-15-19(23-2)9-12-20(14-19)13-18(22)21-10-5-6-11-21/h3-4,7-8H,5-6,9-15H2,1-2H3/t19-/m1/s1. The third-order valence-electron chi connectivity index (χ3n) is 5.23. The van der Waals surface area contributed by atoms with Crippen molar-refractivity contribution in [3.63, 3.8) is 0 Å². The molecule has 2 fully saturated rings. The molecule has 0 unspecified atom stereocenters. The van der Waals surface area contributed by atoms with Crippen LogP contribution in [0.1, 0.15) is 24.8 Å². The molecule has 2 saturated heterocycles. The fourth-order valence-electron chi connectivity index (χ4n) is 3.59. The monoisotopic (exact) mass is 332 g/mol. The quantitative estimate of drug-likeness (QED) is 0.800. The summed E-state index contributed by atoms with van der Waals surface area (Å²) in [5.41, 5.74) is 0.802. The van der Waals surface area contributed by atoms with E-state index in [-0.39, 0.29) is 11.5 Å². The van der Waals surface area contributed by atoms with E-state index in [9.17, 15) is 4.79 Å². The number of nitrogens with zero attached hydrogens (tertiary/aromatic N) is 2. The minimum Gasteiger partial charge on any atom is -0.490 e. The molecule has 2 aliphatic heterocycles. The summed E-state index contributed by atoms with van der Waals surface area (Å²) in [5.74, 6) is 1.15. The van der Waals surface area contributed by atoms with Gasteiger partial charge in [0.15, 0.2) is 0 Å². The number of carbonyl (C=O) groups excluding carboxylic acids is 1. The molecule has 1 atom stereocenters. The molecule has 2 aliphatic rings. The molecule has 0 bridgehead atoms. The number of carbonyl (C=O) groups is 1. The molecule has 1 aromatic carbocycles. The fourth-order valence-corrected chi connectivity index (χ4v) is 3.59. The highest BCUT2D eigenvalue weighted by atomic mass is 16.5. The normalized spacial score (nSPS) is 24.5. The van der Waals surface area contributed by atoms with Crippen molar-refractivity contribution in [2.45, 2.75) is 31.8 Å². The summed E-state index contributed by atoms with van der Waals surface area (Å²) in [6.07, 6.45) is 3.17. The number of aryl methyl sites for hydroxylation is 1. The second-order valence-corrected chi connectivity index (χ2v) is 6.99. The average molecular weight is 332 g/mol. The number of likely N-dealkylation sites (tertiary alicyclic amines) is 2. The number of ether oxygens (including phenoxy) is 2. The van der Waals surface area contributed by atoms with E-state index >= 15 is 0 Å². The molecule has 0 spiro atoms. The van der Waals surface area contributed by atoms with Crippen LogP contribution in [0.25, 0.3) is 0 Å². The first-order valence-corrected chi connectivity index (χ1v) is 8.86. The molecular weight excluding hydrogens is 304 g/mol. The molecule has 5 nitrogen and oxygen atoms in total. The molecule has 1 aromatic rings. The predicted octanol–water partition coefficient (Wildman–Crippen LogP) is 2.09. The van der Waals surface area contributed by atoms with Crippen LogP contribution in [-0.2, 0) is 9.53 Å². The van der Waals surface area contributed by atoms with E-state index in [4.69, 9.17) is 9.47 Å². The van der Waals surface area contributed by atoms with Crippen LogP contribution < -0.4 is 4.74 Å². The van der Waals surface area contributed by atoms with Gasteiger partial charge in [0.2, 0.25) is 5.91 Å². The number of methoxy groups -OCH3 is 1. The maximum absolute atomic E-state index is 12.3. The van der Waals surface area contributed by atoms with Crippen molar-refractivity contribution in [2.24, 2.45) is 0 Å². The predicted molar refractivity (Wildman–Crippen MR) is 93.3 cm³/mol. The van der Waals surface area contributed by atoms with Crippen molar-refractivity contribution < 1.29 is 14.3 Å². The summed E-state index contributed by atoms with van der Waals surface area (Å²) in [7, 11) is 1.74. The lowest BCUT2D eigenvalue weighted by molar-refractivity contribution is -0.131. The highest BCUT2D eigenvalue weighted by molar-refractivity contribution is 5.78. The second-order valence-electron chi connectivity index (χ2n) is 6.99. The van der Waals surface area contributed by atoms with E-state index in [0.29, 0.717) is 13.2 Å². The zero-order chi connectivity index (χ0) is 17.0. The van der Waals surface area contributed by atoms with E-state index in [1.165, 1.54) is 0 Å². The van der Waals surface area contributed by atoms with E-state index < -0.39 is 0 Å². The smallest absolute Gasteiger partial charge is 0.236 e. The van der Waals surface area contributed by atoms with Gasteiger partial charge in [-0.25, -0.2) is 0 Å². The molecular formula is C19H28N2O3. The summed E-state index contributed by atoms with van der Waals surface area (Å²) >= 11 is 0. The molecule has 0 aliphatic carbocycles. The van der Waals surface area contributed by atoms with Gasteiger partial charge in [-0.2, -0.15) is 0 Å². The van der Waals surface area contributed by atoms with Crippen LogP contribution >= 0.6 is 0 Å². The number of hydrogen-bond donors (Lipinski definition) is 0. The van der Waals surface area contributed by atoms with Crippen molar-refractivity contribution >= 4 is 5.91 Å². The zero-order valence-corrected chi connectivity index (χ0v) is 14.8. The largest absolute Gasteiger partial charge is 0.490 e. The lowest BCUT2D eigenvalue weighted by Gasteiger charge is -2.28. The van der Waals surface area contributed by atoms with Gasteiger partial charge in [-0.3, -0.25) is 9.69 Å². The van der Waals surface area contributed by atoms with Crippen molar-refractivity contribution in [3.8, 4) is 5.75 Å². The van der Waals surface area contributed by atoms with Gasteiger partial charge >= 0.3 is 0 Å². The number of rotatable bonds is 6. The molecule has 0 N–H and O–H groups in total. The summed E-state index contributed by atoms with van der Waals surface area (Å²) in [4.78, 5) is 16.5. The Kier molecular flexibility index (Phi) is 5.41. The Morgan fingerprint density at radius 2 is 1.96 bits per heavy atom. The molecule has 24 heavy (non-hydrogen) atoms. The van der Waals surface area contributed by atoms with Gasteiger partial charge < -0.3 is 14.4 Å². The Labute approximate surface area is 144 Å². The molecule has 5 heteroatoms. The molecule has 0 saturated carbocycles. The summed E-state index contributed by atoms with van der Waals surface area (Å²) < 4.78 is 11.8. The third kappa shape index (κ3) is 3.90. The van der Waals surface area contributed by atoms with Gasteiger partial charge in [0.25, 0.3) is 0 Å². The van der Waals surface area contributed by atoms with E-state index in [1.54, 1.807) is 7.11 Å². The van der Waals surface area contributed by atoms with Crippen molar-refractivity contribution in [1.29, 1.82) is 0 Å². The van der Waals surface area contributed by atoms with Gasteiger partial charge in [0.1, 0.15) is 18.0 Å². The summed E-state index contributed by atoms with van der Waals surface area (Å²) in [6.45, 7) is 6.51. The molecule has 0 aromatic heterocycles. The highest BCUT2D eigenvalue weighted by Crippen LogP contribution is 2.27. The Balaban J connectivity index is 1.54. The number of hydrogen-bond acceptors (Lipinski definition) is 4. The van der Waals surface area contributed by atoms with Crippen LogP contribution in [0.3, 0.4) is 0 Å². The van der Waals surface area contributed by atoms with Gasteiger partial charge in [-0.05, 0) is 37.8 Å². The van der Waals surface area contributed by atoms with Gasteiger partial charge in [0, 0.05) is 33.3 Å². The lowest BCUT2D eigenvalue weighted by Crippen LogP contribution is -2.44. The van der Waals surface area contributed by atoms with Crippen LogP contribution in [0.4, 0.5) is 0 Å². The second kappa shape index (κ2) is 7.53. The number of benzene rings is 1. The first kappa shape index (κ1) is 17.2. The summed E-state index contributed by atoms with van der Waals surface area (Å²) in [5, 5.41) is 0. The Morgan fingerprint density at radius 1 is 1.21 bits per heavy atom. The molecule has 3 rings (SSSR count). The van der Waals surface area contributed by atoms with Crippen LogP contribution in [0.15, 0.2) is 24.3 Å². The lowest BCUT2D eigenvalue weighted by atomic mass is 10.0. The SMILES string of the molecule is CO[C@]1(COc2ccccc2C)CCN(CC(=O)N2CCCC2)C1. The van der Waals surface area contributed by atoms with Crippen LogP contribution in [0.2, 0.25) is 0 Å². The molecule has 0 radical (unpaired) electrons. The Bertz CT molecular complexity index is 571. The van der Waals surface area contributed by atoms with Crippen molar-refractivity contribution in [1.82, 2.24) is 9.80 Å². The van der Waals surface area contributed by atoms with Crippen molar-refractivity contribution in [3.05, 3.63) is 29.8 Å². The molecule has 2 heterocycles. The first-order chi connectivity index (χ1) is 11.6. The molecule has 132 valence electrons. The minimum atomic E-state index is -0.326. The fraction of sp³-hybridized carbons (Fsp3) is 0.632.